The largest absolute Gasteiger partial charge is 0.207 e. The van der Waals surface area contributed by atoms with Crippen molar-refractivity contribution in [3.8, 4) is 11.1 Å². The predicted molar refractivity (Wildman–Crippen MR) is 65.9 cm³/mol. The second-order valence-electron chi connectivity index (χ2n) is 4.15. The maximum atomic E-state index is 14.1. The molecular weight excluding hydrogens is 218 g/mol. The van der Waals surface area contributed by atoms with E-state index in [1.807, 2.05) is 6.92 Å². The molecule has 0 fully saturated rings. The van der Waals surface area contributed by atoms with Gasteiger partial charge in [-0.25, -0.2) is 8.78 Å². The second-order valence-corrected chi connectivity index (χ2v) is 4.15. The molecule has 2 heteroatoms. The molecule has 0 radical (unpaired) electrons. The van der Waals surface area contributed by atoms with E-state index in [4.69, 9.17) is 0 Å². The zero-order valence-corrected chi connectivity index (χ0v) is 9.93. The minimum Gasteiger partial charge on any atom is -0.207 e. The SMILES string of the molecule is CCc1cccc(-c2cc(C)cc(F)c2)c1F. The summed E-state index contributed by atoms with van der Waals surface area (Å²) in [5, 5.41) is 0. The molecule has 17 heavy (non-hydrogen) atoms. The lowest BCUT2D eigenvalue weighted by molar-refractivity contribution is 0.614. The lowest BCUT2D eigenvalue weighted by Crippen LogP contribution is -1.92. The highest BCUT2D eigenvalue weighted by atomic mass is 19.1. The minimum atomic E-state index is -0.332. The normalized spacial score (nSPS) is 10.6. The van der Waals surface area contributed by atoms with Crippen molar-refractivity contribution in [2.75, 3.05) is 0 Å². The summed E-state index contributed by atoms with van der Waals surface area (Å²) >= 11 is 0. The molecule has 0 N–H and O–H groups in total. The quantitative estimate of drug-likeness (QED) is 0.715. The van der Waals surface area contributed by atoms with E-state index in [9.17, 15) is 8.78 Å². The molecule has 0 nitrogen and oxygen atoms in total. The Hall–Kier alpha value is -1.70. The molecule has 0 saturated heterocycles. The third-order valence-electron chi connectivity index (χ3n) is 2.81. The van der Waals surface area contributed by atoms with E-state index in [1.165, 1.54) is 12.1 Å². The first-order chi connectivity index (χ1) is 8.11. The fourth-order valence-corrected chi connectivity index (χ4v) is 1.97. The summed E-state index contributed by atoms with van der Waals surface area (Å²) in [5.41, 5.74) is 2.51. The first-order valence-corrected chi connectivity index (χ1v) is 5.66. The Bertz CT molecular complexity index is 524. The second kappa shape index (κ2) is 4.66. The third kappa shape index (κ3) is 2.36. The van der Waals surface area contributed by atoms with Crippen LogP contribution in [-0.4, -0.2) is 0 Å². The molecule has 0 aliphatic rings. The fourth-order valence-electron chi connectivity index (χ4n) is 1.97. The molecule has 0 heterocycles. The Balaban J connectivity index is 2.60. The maximum Gasteiger partial charge on any atom is 0.134 e. The number of hydrogen-bond donors (Lipinski definition) is 0. The Morgan fingerprint density at radius 3 is 2.47 bits per heavy atom. The van der Waals surface area contributed by atoms with Crippen molar-refractivity contribution in [1.29, 1.82) is 0 Å². The van der Waals surface area contributed by atoms with Gasteiger partial charge in [0, 0.05) is 5.56 Å². The molecule has 0 bridgehead atoms. The highest BCUT2D eigenvalue weighted by Crippen LogP contribution is 2.26. The van der Waals surface area contributed by atoms with Gasteiger partial charge in [0.2, 0.25) is 0 Å². The Morgan fingerprint density at radius 2 is 1.82 bits per heavy atom. The van der Waals surface area contributed by atoms with Crippen molar-refractivity contribution in [2.24, 2.45) is 0 Å². The fraction of sp³-hybridized carbons (Fsp3) is 0.200. The molecule has 0 atom stereocenters. The van der Waals surface area contributed by atoms with E-state index in [0.717, 1.165) is 5.56 Å². The standard InChI is InChI=1S/C15H14F2/c1-3-11-5-4-6-14(15(11)17)12-7-10(2)8-13(16)9-12/h4-9H,3H2,1-2H3. The molecule has 2 aromatic rings. The van der Waals surface area contributed by atoms with Gasteiger partial charge in [0.05, 0.1) is 0 Å². The van der Waals surface area contributed by atoms with E-state index in [-0.39, 0.29) is 11.6 Å². The van der Waals surface area contributed by atoms with Crippen LogP contribution < -0.4 is 0 Å². The lowest BCUT2D eigenvalue weighted by Gasteiger charge is -2.08. The van der Waals surface area contributed by atoms with Crippen molar-refractivity contribution in [3.63, 3.8) is 0 Å². The predicted octanol–water partition coefficient (Wildman–Crippen LogP) is 4.50. The highest BCUT2D eigenvalue weighted by Gasteiger charge is 2.09. The summed E-state index contributed by atoms with van der Waals surface area (Å²) in [5.74, 6) is -0.582. The van der Waals surface area contributed by atoms with Gasteiger partial charge in [0.15, 0.2) is 0 Å². The molecule has 88 valence electrons. The maximum absolute atomic E-state index is 14.1. The van der Waals surface area contributed by atoms with Crippen LogP contribution >= 0.6 is 0 Å². The number of halogens is 2. The molecule has 0 saturated carbocycles. The Morgan fingerprint density at radius 1 is 1.06 bits per heavy atom. The molecule has 0 unspecified atom stereocenters. The van der Waals surface area contributed by atoms with E-state index >= 15 is 0 Å². The molecular formula is C15H14F2. The summed E-state index contributed by atoms with van der Waals surface area (Å²) in [6.07, 6.45) is 0.633. The summed E-state index contributed by atoms with van der Waals surface area (Å²) in [6, 6.07) is 9.84. The number of aryl methyl sites for hydroxylation is 2. The first-order valence-electron chi connectivity index (χ1n) is 5.66. The van der Waals surface area contributed by atoms with Gasteiger partial charge < -0.3 is 0 Å². The van der Waals surface area contributed by atoms with Crippen molar-refractivity contribution in [1.82, 2.24) is 0 Å². The Kier molecular flexibility index (Phi) is 3.23. The summed E-state index contributed by atoms with van der Waals surface area (Å²) in [6.45, 7) is 3.70. The van der Waals surface area contributed by atoms with Crippen LogP contribution in [0.25, 0.3) is 11.1 Å². The van der Waals surface area contributed by atoms with E-state index in [0.29, 0.717) is 23.1 Å². The van der Waals surface area contributed by atoms with Crippen LogP contribution in [0, 0.1) is 18.6 Å². The monoisotopic (exact) mass is 232 g/mol. The van der Waals surface area contributed by atoms with Crippen LogP contribution in [0.15, 0.2) is 36.4 Å². The molecule has 0 spiro atoms. The van der Waals surface area contributed by atoms with Crippen LogP contribution in [0.1, 0.15) is 18.1 Å². The van der Waals surface area contributed by atoms with Crippen molar-refractivity contribution in [2.45, 2.75) is 20.3 Å². The average Bonchev–Trinajstić information content (AvgIpc) is 2.28. The van der Waals surface area contributed by atoms with Gasteiger partial charge in [-0.1, -0.05) is 31.2 Å². The zero-order chi connectivity index (χ0) is 12.4. The van der Waals surface area contributed by atoms with Crippen LogP contribution in [0.5, 0.6) is 0 Å². The van der Waals surface area contributed by atoms with Gasteiger partial charge in [-0.3, -0.25) is 0 Å². The highest BCUT2D eigenvalue weighted by molar-refractivity contribution is 5.66. The van der Waals surface area contributed by atoms with Gasteiger partial charge in [-0.15, -0.1) is 0 Å². The van der Waals surface area contributed by atoms with Gasteiger partial charge in [0.25, 0.3) is 0 Å². The number of hydrogen-bond acceptors (Lipinski definition) is 0. The van der Waals surface area contributed by atoms with Crippen molar-refractivity contribution < 1.29 is 8.78 Å². The van der Waals surface area contributed by atoms with Crippen LogP contribution in [-0.2, 0) is 6.42 Å². The summed E-state index contributed by atoms with van der Waals surface area (Å²) in [7, 11) is 0. The van der Waals surface area contributed by atoms with Gasteiger partial charge in [0.1, 0.15) is 11.6 Å². The molecule has 2 rings (SSSR count). The third-order valence-corrected chi connectivity index (χ3v) is 2.81. The topological polar surface area (TPSA) is 0 Å². The van der Waals surface area contributed by atoms with Crippen LogP contribution in [0.4, 0.5) is 8.78 Å². The van der Waals surface area contributed by atoms with Crippen molar-refractivity contribution >= 4 is 0 Å². The van der Waals surface area contributed by atoms with E-state index in [1.54, 1.807) is 31.2 Å². The van der Waals surface area contributed by atoms with Crippen molar-refractivity contribution in [3.05, 3.63) is 59.2 Å². The zero-order valence-electron chi connectivity index (χ0n) is 9.93. The summed E-state index contributed by atoms with van der Waals surface area (Å²) < 4.78 is 27.4. The smallest absolute Gasteiger partial charge is 0.134 e. The molecule has 0 aromatic heterocycles. The molecule has 0 aliphatic heterocycles. The van der Waals surface area contributed by atoms with Gasteiger partial charge in [-0.2, -0.15) is 0 Å². The first kappa shape index (κ1) is 11.8. The van der Waals surface area contributed by atoms with Crippen LogP contribution in [0.3, 0.4) is 0 Å². The Labute approximate surface area is 99.9 Å². The number of rotatable bonds is 2. The molecule has 0 aliphatic carbocycles. The average molecular weight is 232 g/mol. The number of benzene rings is 2. The minimum absolute atomic E-state index is 0.250. The lowest BCUT2D eigenvalue weighted by atomic mass is 9.99. The van der Waals surface area contributed by atoms with E-state index < -0.39 is 0 Å². The molecule has 2 aromatic carbocycles. The van der Waals surface area contributed by atoms with Gasteiger partial charge in [-0.05, 0) is 42.2 Å². The van der Waals surface area contributed by atoms with Gasteiger partial charge >= 0.3 is 0 Å². The van der Waals surface area contributed by atoms with Crippen LogP contribution in [0.2, 0.25) is 0 Å². The van der Waals surface area contributed by atoms with E-state index in [2.05, 4.69) is 0 Å². The molecule has 0 amide bonds. The summed E-state index contributed by atoms with van der Waals surface area (Å²) in [4.78, 5) is 0.